The zero-order valence-electron chi connectivity index (χ0n) is 15.9. The molecule has 1 aromatic carbocycles. The molecule has 2 N–H and O–H groups in total. The highest BCUT2D eigenvalue weighted by atomic mass is 16.3. The Bertz CT molecular complexity index is 1100. The molecule has 29 heavy (non-hydrogen) atoms. The molecule has 7 heteroatoms. The Balaban J connectivity index is 1.44. The van der Waals surface area contributed by atoms with Crippen molar-refractivity contribution in [3.63, 3.8) is 0 Å². The number of likely N-dealkylation sites (tertiary alicyclic amines) is 1. The van der Waals surface area contributed by atoms with E-state index in [9.17, 15) is 14.7 Å². The van der Waals surface area contributed by atoms with Crippen LogP contribution in [-0.4, -0.2) is 50.4 Å². The maximum absolute atomic E-state index is 13.2. The summed E-state index contributed by atoms with van der Waals surface area (Å²) in [6.07, 6.45) is 0.872. The minimum absolute atomic E-state index is 0.0480. The summed E-state index contributed by atoms with van der Waals surface area (Å²) in [5, 5.41) is 17.1. The van der Waals surface area contributed by atoms with Gasteiger partial charge in [-0.3, -0.25) is 14.7 Å². The van der Waals surface area contributed by atoms with Crippen LogP contribution in [0.3, 0.4) is 0 Å². The first-order valence-corrected chi connectivity index (χ1v) is 9.88. The van der Waals surface area contributed by atoms with Crippen LogP contribution in [0, 0.1) is 5.92 Å². The van der Waals surface area contributed by atoms with E-state index >= 15 is 0 Å². The fraction of sp³-hybridized carbons (Fsp3) is 0.318. The van der Waals surface area contributed by atoms with Crippen LogP contribution in [0.25, 0.3) is 11.3 Å². The number of fused-ring (bicyclic) bond motifs is 4. The number of amides is 1. The summed E-state index contributed by atoms with van der Waals surface area (Å²) in [4.78, 5) is 27.4. The first-order chi connectivity index (χ1) is 14.2. The van der Waals surface area contributed by atoms with E-state index in [4.69, 9.17) is 0 Å². The summed E-state index contributed by atoms with van der Waals surface area (Å²) in [6.45, 7) is 0.955. The van der Waals surface area contributed by atoms with Crippen LogP contribution in [0.2, 0.25) is 0 Å². The van der Waals surface area contributed by atoms with Gasteiger partial charge in [-0.2, -0.15) is 5.10 Å². The third-order valence-corrected chi connectivity index (χ3v) is 6.15. The second kappa shape index (κ2) is 7.00. The molecule has 1 amide bonds. The molecule has 0 saturated carbocycles. The summed E-state index contributed by atoms with van der Waals surface area (Å²) < 4.78 is 1.73. The number of rotatable bonds is 3. The van der Waals surface area contributed by atoms with Crippen molar-refractivity contribution in [1.82, 2.24) is 19.7 Å². The summed E-state index contributed by atoms with van der Waals surface area (Å²) in [5.74, 6) is 0.0375. The monoisotopic (exact) mass is 390 g/mol. The van der Waals surface area contributed by atoms with Gasteiger partial charge in [-0.15, -0.1) is 0 Å². The third kappa shape index (κ3) is 2.98. The second-order valence-corrected chi connectivity index (χ2v) is 7.84. The van der Waals surface area contributed by atoms with Crippen molar-refractivity contribution in [2.75, 3.05) is 19.7 Å². The number of benzene rings is 1. The highest BCUT2D eigenvalue weighted by Crippen LogP contribution is 2.41. The lowest BCUT2D eigenvalue weighted by Crippen LogP contribution is -2.51. The molecule has 0 unspecified atom stereocenters. The Kier molecular flexibility index (Phi) is 4.32. The van der Waals surface area contributed by atoms with Gasteiger partial charge in [0, 0.05) is 42.2 Å². The quantitative estimate of drug-likeness (QED) is 0.716. The van der Waals surface area contributed by atoms with Crippen molar-refractivity contribution in [3.05, 3.63) is 76.3 Å². The molecular formula is C22H22N4O3. The molecule has 0 spiro atoms. The van der Waals surface area contributed by atoms with E-state index in [0.717, 1.165) is 23.4 Å². The molecule has 5 rings (SSSR count). The van der Waals surface area contributed by atoms with Gasteiger partial charge >= 0.3 is 0 Å². The number of H-pyrrole nitrogens is 1. The van der Waals surface area contributed by atoms with Gasteiger partial charge in [-0.1, -0.05) is 36.4 Å². The minimum atomic E-state index is -0.299. The number of pyridine rings is 1. The standard InChI is InChI=1S/C22H22N4O3/c27-13-20-16-9-15(19-7-4-8-21(28)26(19)20)11-25(12-16)22(29)18-10-17(23-24-18)14-5-2-1-3-6-14/h1-8,10,15-16,20,27H,9,11-13H2,(H,23,24)/t15-,16+,20+/m1/s1. The molecule has 2 bridgehead atoms. The van der Waals surface area contributed by atoms with Gasteiger partial charge < -0.3 is 14.6 Å². The lowest BCUT2D eigenvalue weighted by Gasteiger charge is -2.46. The molecule has 2 aliphatic heterocycles. The molecule has 4 heterocycles. The van der Waals surface area contributed by atoms with E-state index in [-0.39, 0.29) is 36.0 Å². The van der Waals surface area contributed by atoms with E-state index in [1.54, 1.807) is 16.7 Å². The molecule has 7 nitrogen and oxygen atoms in total. The van der Waals surface area contributed by atoms with Crippen molar-refractivity contribution < 1.29 is 9.90 Å². The molecule has 148 valence electrons. The van der Waals surface area contributed by atoms with Crippen LogP contribution >= 0.6 is 0 Å². The fourth-order valence-corrected chi connectivity index (χ4v) is 4.80. The van der Waals surface area contributed by atoms with Gasteiger partial charge in [0.2, 0.25) is 0 Å². The predicted octanol–water partition coefficient (Wildman–Crippen LogP) is 2.03. The summed E-state index contributed by atoms with van der Waals surface area (Å²) in [7, 11) is 0. The average Bonchev–Trinajstić information content (AvgIpc) is 3.25. The van der Waals surface area contributed by atoms with E-state index < -0.39 is 0 Å². The van der Waals surface area contributed by atoms with Crippen LogP contribution in [0.1, 0.15) is 34.6 Å². The maximum atomic E-state index is 13.2. The summed E-state index contributed by atoms with van der Waals surface area (Å²) in [5.41, 5.74) is 2.95. The van der Waals surface area contributed by atoms with Crippen LogP contribution in [0.5, 0.6) is 0 Å². The Labute approximate surface area is 167 Å². The Morgan fingerprint density at radius 1 is 1.14 bits per heavy atom. The number of piperidine rings is 1. The van der Waals surface area contributed by atoms with Gasteiger partial charge in [0.25, 0.3) is 11.5 Å². The van der Waals surface area contributed by atoms with Crippen molar-refractivity contribution in [2.24, 2.45) is 5.92 Å². The maximum Gasteiger partial charge on any atom is 0.271 e. The number of carbonyl (C=O) groups excluding carboxylic acids is 1. The lowest BCUT2D eigenvalue weighted by atomic mass is 9.78. The number of hydrogen-bond acceptors (Lipinski definition) is 4. The van der Waals surface area contributed by atoms with Crippen LogP contribution in [0.4, 0.5) is 0 Å². The zero-order valence-corrected chi connectivity index (χ0v) is 15.9. The zero-order chi connectivity index (χ0) is 20.0. The van der Waals surface area contributed by atoms with Gasteiger partial charge in [0.1, 0.15) is 5.69 Å². The average molecular weight is 390 g/mol. The number of aromatic amines is 1. The molecule has 0 radical (unpaired) electrons. The Morgan fingerprint density at radius 2 is 1.97 bits per heavy atom. The first-order valence-electron chi connectivity index (χ1n) is 9.88. The van der Waals surface area contributed by atoms with Gasteiger partial charge in [-0.05, 0) is 18.6 Å². The molecule has 2 aromatic heterocycles. The lowest BCUT2D eigenvalue weighted by molar-refractivity contribution is 0.0433. The molecule has 1 fully saturated rings. The van der Waals surface area contributed by atoms with E-state index in [0.29, 0.717) is 18.8 Å². The van der Waals surface area contributed by atoms with Crippen molar-refractivity contribution in [1.29, 1.82) is 0 Å². The Hall–Kier alpha value is -3.19. The number of nitrogens with one attached hydrogen (secondary N) is 1. The Morgan fingerprint density at radius 3 is 2.76 bits per heavy atom. The number of hydrogen-bond donors (Lipinski definition) is 2. The summed E-state index contributed by atoms with van der Waals surface area (Å²) in [6, 6.07) is 16.4. The number of aliphatic hydroxyl groups is 1. The van der Waals surface area contributed by atoms with E-state index in [1.165, 1.54) is 6.07 Å². The van der Waals surface area contributed by atoms with Crippen molar-refractivity contribution in [2.45, 2.75) is 18.4 Å². The second-order valence-electron chi connectivity index (χ2n) is 7.84. The third-order valence-electron chi connectivity index (χ3n) is 6.15. The number of aliphatic hydroxyl groups excluding tert-OH is 1. The highest BCUT2D eigenvalue weighted by Gasteiger charge is 2.41. The van der Waals surface area contributed by atoms with Crippen molar-refractivity contribution >= 4 is 5.91 Å². The smallest absolute Gasteiger partial charge is 0.271 e. The number of nitrogens with zero attached hydrogens (tertiary/aromatic N) is 3. The molecule has 3 atom stereocenters. The topological polar surface area (TPSA) is 91.2 Å². The van der Waals surface area contributed by atoms with Crippen LogP contribution < -0.4 is 5.56 Å². The van der Waals surface area contributed by atoms with Crippen LogP contribution in [-0.2, 0) is 0 Å². The normalized spacial score (nSPS) is 22.9. The van der Waals surface area contributed by atoms with E-state index in [2.05, 4.69) is 10.2 Å². The predicted molar refractivity (Wildman–Crippen MR) is 108 cm³/mol. The molecule has 0 aliphatic carbocycles. The minimum Gasteiger partial charge on any atom is -0.394 e. The highest BCUT2D eigenvalue weighted by molar-refractivity contribution is 5.93. The summed E-state index contributed by atoms with van der Waals surface area (Å²) >= 11 is 0. The van der Waals surface area contributed by atoms with Gasteiger partial charge in [0.15, 0.2) is 0 Å². The SMILES string of the molecule is O=C(c1cc(-c2ccccc2)n[nH]1)N1C[C@H]2C[C@@H](C1)[C@H](CO)n1c2cccc1=O. The number of carbonyl (C=O) groups is 1. The number of aromatic nitrogens is 3. The molecule has 3 aromatic rings. The van der Waals surface area contributed by atoms with Crippen LogP contribution in [0.15, 0.2) is 59.4 Å². The largest absolute Gasteiger partial charge is 0.394 e. The van der Waals surface area contributed by atoms with Crippen molar-refractivity contribution in [3.8, 4) is 11.3 Å². The van der Waals surface area contributed by atoms with E-state index in [1.807, 2.05) is 41.3 Å². The molecule has 1 saturated heterocycles. The van der Waals surface area contributed by atoms with Gasteiger partial charge in [-0.25, -0.2) is 0 Å². The molecular weight excluding hydrogens is 368 g/mol. The molecule has 2 aliphatic rings. The first kappa shape index (κ1) is 17.9. The van der Waals surface area contributed by atoms with Gasteiger partial charge in [0.05, 0.1) is 18.3 Å². The fourth-order valence-electron chi connectivity index (χ4n) is 4.80.